The van der Waals surface area contributed by atoms with Crippen LogP contribution < -0.4 is 20.1 Å². The Bertz CT molecular complexity index is 1080. The second-order valence-electron chi connectivity index (χ2n) is 6.79. The molecular weight excluding hydrogens is 438 g/mol. The summed E-state index contributed by atoms with van der Waals surface area (Å²) >= 11 is 0. The number of benzene rings is 2. The topological polar surface area (TPSA) is 123 Å². The molecule has 3 rings (SSSR count). The van der Waals surface area contributed by atoms with Gasteiger partial charge in [0.1, 0.15) is 11.5 Å². The van der Waals surface area contributed by atoms with Gasteiger partial charge in [-0.15, -0.1) is 0 Å². The molecule has 2 aromatic rings. The molecule has 2 amide bonds. The zero-order valence-corrected chi connectivity index (χ0v) is 18.6. The first-order chi connectivity index (χ1) is 15.4. The molecule has 1 heterocycles. The highest BCUT2D eigenvalue weighted by atomic mass is 32.2. The van der Waals surface area contributed by atoms with Gasteiger partial charge in [-0.2, -0.15) is 4.31 Å². The van der Waals surface area contributed by atoms with Crippen LogP contribution in [0.5, 0.6) is 11.5 Å². The van der Waals surface area contributed by atoms with Crippen LogP contribution in [0, 0.1) is 0 Å². The highest BCUT2D eigenvalue weighted by Crippen LogP contribution is 2.29. The predicted molar refractivity (Wildman–Crippen MR) is 117 cm³/mol. The van der Waals surface area contributed by atoms with E-state index in [4.69, 9.17) is 14.2 Å². The molecule has 2 aromatic carbocycles. The van der Waals surface area contributed by atoms with Crippen molar-refractivity contribution in [3.05, 3.63) is 48.0 Å². The summed E-state index contributed by atoms with van der Waals surface area (Å²) in [5.74, 6) is -0.345. The standard InChI is InChI=1S/C21H25N3O7S/c1-22-21(26)16-5-3-4-6-18(16)31-14-20(25)23-17-13-15(7-8-19(17)29-2)32(27,28)24-9-11-30-12-10-24/h3-8,13H,9-12,14H2,1-2H3,(H,22,26)(H,23,25). The summed E-state index contributed by atoms with van der Waals surface area (Å²) in [7, 11) is -0.838. The molecular formula is C21H25N3O7S. The number of sulfonamides is 1. The van der Waals surface area contributed by atoms with Crippen molar-refractivity contribution in [2.45, 2.75) is 4.90 Å². The monoisotopic (exact) mass is 463 g/mol. The van der Waals surface area contributed by atoms with E-state index in [0.717, 1.165) is 0 Å². The number of nitrogens with one attached hydrogen (secondary N) is 2. The number of amides is 2. The molecule has 1 saturated heterocycles. The Labute approximate surface area is 186 Å². The molecule has 32 heavy (non-hydrogen) atoms. The molecule has 0 bridgehead atoms. The van der Waals surface area contributed by atoms with Gasteiger partial charge in [0.05, 0.1) is 36.5 Å². The normalized spacial score (nSPS) is 14.4. The molecule has 10 nitrogen and oxygen atoms in total. The summed E-state index contributed by atoms with van der Waals surface area (Å²) in [6.07, 6.45) is 0. The van der Waals surface area contributed by atoms with Crippen molar-refractivity contribution in [1.29, 1.82) is 0 Å². The number of carbonyl (C=O) groups is 2. The minimum absolute atomic E-state index is 0.0291. The van der Waals surface area contributed by atoms with Crippen LogP contribution in [0.2, 0.25) is 0 Å². The summed E-state index contributed by atoms with van der Waals surface area (Å²) in [6, 6.07) is 10.8. The van der Waals surface area contributed by atoms with Crippen molar-refractivity contribution in [1.82, 2.24) is 9.62 Å². The number of morpholine rings is 1. The predicted octanol–water partition coefficient (Wildman–Crippen LogP) is 1.09. The first kappa shape index (κ1) is 23.5. The number of hydrogen-bond acceptors (Lipinski definition) is 7. The van der Waals surface area contributed by atoms with Crippen LogP contribution in [0.1, 0.15) is 10.4 Å². The summed E-state index contributed by atoms with van der Waals surface area (Å²) in [6.45, 7) is 0.780. The Morgan fingerprint density at radius 1 is 1.09 bits per heavy atom. The number of rotatable bonds is 8. The van der Waals surface area contributed by atoms with Crippen molar-refractivity contribution in [2.24, 2.45) is 0 Å². The fraction of sp³-hybridized carbons (Fsp3) is 0.333. The van der Waals surface area contributed by atoms with Crippen LogP contribution in [-0.2, 0) is 19.6 Å². The molecule has 172 valence electrons. The maximum atomic E-state index is 12.9. The summed E-state index contributed by atoms with van der Waals surface area (Å²) in [5.41, 5.74) is 0.481. The van der Waals surface area contributed by atoms with Gasteiger partial charge in [-0.25, -0.2) is 8.42 Å². The second-order valence-corrected chi connectivity index (χ2v) is 8.73. The fourth-order valence-corrected chi connectivity index (χ4v) is 4.56. The summed E-state index contributed by atoms with van der Waals surface area (Å²) in [5, 5.41) is 5.12. The maximum Gasteiger partial charge on any atom is 0.262 e. The lowest BCUT2D eigenvalue weighted by molar-refractivity contribution is -0.118. The van der Waals surface area contributed by atoms with Crippen molar-refractivity contribution >= 4 is 27.5 Å². The van der Waals surface area contributed by atoms with Crippen LogP contribution >= 0.6 is 0 Å². The van der Waals surface area contributed by atoms with Crippen molar-refractivity contribution < 1.29 is 32.2 Å². The van der Waals surface area contributed by atoms with Gasteiger partial charge in [-0.1, -0.05) is 12.1 Å². The van der Waals surface area contributed by atoms with Gasteiger partial charge in [0, 0.05) is 20.1 Å². The van der Waals surface area contributed by atoms with Crippen LogP contribution in [0.3, 0.4) is 0 Å². The van der Waals surface area contributed by atoms with Gasteiger partial charge < -0.3 is 24.8 Å². The van der Waals surface area contributed by atoms with Gasteiger partial charge in [0.2, 0.25) is 10.0 Å². The molecule has 0 aliphatic carbocycles. The lowest BCUT2D eigenvalue weighted by atomic mass is 10.2. The van der Waals surface area contributed by atoms with E-state index >= 15 is 0 Å². The van der Waals surface area contributed by atoms with E-state index in [9.17, 15) is 18.0 Å². The Morgan fingerprint density at radius 2 is 1.81 bits per heavy atom. The van der Waals surface area contributed by atoms with Crippen LogP contribution in [0.25, 0.3) is 0 Å². The highest BCUT2D eigenvalue weighted by molar-refractivity contribution is 7.89. The first-order valence-corrected chi connectivity index (χ1v) is 11.3. The average Bonchev–Trinajstić information content (AvgIpc) is 2.83. The Kier molecular flexibility index (Phi) is 7.67. The van der Waals surface area contributed by atoms with Crippen molar-refractivity contribution in [3.63, 3.8) is 0 Å². The molecule has 0 atom stereocenters. The minimum Gasteiger partial charge on any atom is -0.495 e. The number of hydrogen-bond donors (Lipinski definition) is 2. The maximum absolute atomic E-state index is 12.9. The third-order valence-electron chi connectivity index (χ3n) is 4.77. The number of methoxy groups -OCH3 is 1. The zero-order valence-electron chi connectivity index (χ0n) is 17.8. The third kappa shape index (κ3) is 5.36. The Hall–Kier alpha value is -3.15. The Morgan fingerprint density at radius 3 is 2.50 bits per heavy atom. The number of carbonyl (C=O) groups excluding carboxylic acids is 2. The zero-order chi connectivity index (χ0) is 23.1. The van der Waals surface area contributed by atoms with E-state index < -0.39 is 22.5 Å². The molecule has 0 spiro atoms. The summed E-state index contributed by atoms with van der Waals surface area (Å²) < 4.78 is 43.1. The van der Waals surface area contributed by atoms with Gasteiger partial charge in [-0.3, -0.25) is 9.59 Å². The van der Waals surface area contributed by atoms with Gasteiger partial charge in [0.25, 0.3) is 11.8 Å². The molecule has 11 heteroatoms. The molecule has 0 aromatic heterocycles. The number of para-hydroxylation sites is 1. The number of anilines is 1. The lowest BCUT2D eigenvalue weighted by Gasteiger charge is -2.26. The van der Waals surface area contributed by atoms with Crippen molar-refractivity contribution in [3.8, 4) is 11.5 Å². The largest absolute Gasteiger partial charge is 0.495 e. The number of ether oxygens (including phenoxy) is 3. The molecule has 0 saturated carbocycles. The first-order valence-electron chi connectivity index (χ1n) is 9.86. The van der Waals surface area contributed by atoms with E-state index in [0.29, 0.717) is 24.5 Å². The van der Waals surface area contributed by atoms with Crippen LogP contribution in [-0.4, -0.2) is 71.6 Å². The number of nitrogens with zero attached hydrogens (tertiary/aromatic N) is 1. The van der Waals surface area contributed by atoms with E-state index in [1.807, 2.05) is 0 Å². The van der Waals surface area contributed by atoms with Crippen LogP contribution in [0.15, 0.2) is 47.4 Å². The van der Waals surface area contributed by atoms with E-state index in [1.54, 1.807) is 24.3 Å². The van der Waals surface area contributed by atoms with E-state index in [1.165, 1.54) is 36.7 Å². The van der Waals surface area contributed by atoms with Crippen molar-refractivity contribution in [2.75, 3.05) is 52.4 Å². The highest BCUT2D eigenvalue weighted by Gasteiger charge is 2.27. The molecule has 2 N–H and O–H groups in total. The molecule has 1 aliphatic rings. The third-order valence-corrected chi connectivity index (χ3v) is 6.67. The summed E-state index contributed by atoms with van der Waals surface area (Å²) in [4.78, 5) is 24.5. The van der Waals surface area contributed by atoms with Gasteiger partial charge >= 0.3 is 0 Å². The van der Waals surface area contributed by atoms with E-state index in [-0.39, 0.29) is 35.3 Å². The molecule has 1 fully saturated rings. The van der Waals surface area contributed by atoms with E-state index in [2.05, 4.69) is 10.6 Å². The quantitative estimate of drug-likeness (QED) is 0.601. The SMILES string of the molecule is CNC(=O)c1ccccc1OCC(=O)Nc1cc(S(=O)(=O)N2CCOCC2)ccc1OC. The molecule has 1 aliphatic heterocycles. The smallest absolute Gasteiger partial charge is 0.262 e. The molecule has 0 radical (unpaired) electrons. The lowest BCUT2D eigenvalue weighted by Crippen LogP contribution is -2.40. The van der Waals surface area contributed by atoms with Gasteiger partial charge in [-0.05, 0) is 30.3 Å². The Balaban J connectivity index is 1.75. The molecule has 0 unspecified atom stereocenters. The van der Waals surface area contributed by atoms with Gasteiger partial charge in [0.15, 0.2) is 6.61 Å². The minimum atomic E-state index is -3.75. The second kappa shape index (κ2) is 10.4. The fourth-order valence-electron chi connectivity index (χ4n) is 3.13. The average molecular weight is 464 g/mol. The van der Waals surface area contributed by atoms with Crippen LogP contribution in [0.4, 0.5) is 5.69 Å².